The Balaban J connectivity index is 1.42. The van der Waals surface area contributed by atoms with Gasteiger partial charge in [0.05, 0.1) is 28.8 Å². The van der Waals surface area contributed by atoms with E-state index in [9.17, 15) is 14.7 Å². The molecule has 0 radical (unpaired) electrons. The van der Waals surface area contributed by atoms with Crippen LogP contribution >= 0.6 is 11.6 Å². The first-order valence-corrected chi connectivity index (χ1v) is 12.4. The van der Waals surface area contributed by atoms with Crippen molar-refractivity contribution in [1.82, 2.24) is 4.98 Å². The van der Waals surface area contributed by atoms with E-state index >= 15 is 0 Å². The highest BCUT2D eigenvalue weighted by Gasteiger charge is 2.13. The molecule has 0 bridgehead atoms. The number of pyridine rings is 1. The predicted octanol–water partition coefficient (Wildman–Crippen LogP) is 7.13. The number of carbonyl (C=O) groups is 2. The number of carboxylic acids is 1. The molecule has 37 heavy (non-hydrogen) atoms. The summed E-state index contributed by atoms with van der Waals surface area (Å²) in [5.41, 5.74) is 0.917. The van der Waals surface area contributed by atoms with E-state index in [1.165, 1.54) is 12.3 Å². The molecule has 1 amide bonds. The number of fused-ring (bicyclic) bond motifs is 1. The minimum Gasteiger partial charge on any atom is -0.490 e. The lowest BCUT2D eigenvalue weighted by atomic mass is 10.1. The number of rotatable bonds is 10. The third kappa shape index (κ3) is 6.57. The summed E-state index contributed by atoms with van der Waals surface area (Å²) in [7, 11) is 0. The highest BCUT2D eigenvalue weighted by molar-refractivity contribution is 6.33. The summed E-state index contributed by atoms with van der Waals surface area (Å²) in [6.45, 7) is 4.21. The van der Waals surface area contributed by atoms with Crippen LogP contribution in [0.15, 0.2) is 72.9 Å². The number of nitrogens with zero attached hydrogens (tertiary/aromatic N) is 1. The van der Waals surface area contributed by atoms with Gasteiger partial charge < -0.3 is 19.9 Å². The summed E-state index contributed by atoms with van der Waals surface area (Å²) in [6, 6.07) is 19.2. The van der Waals surface area contributed by atoms with Crippen LogP contribution in [-0.4, -0.2) is 28.1 Å². The molecule has 8 heteroatoms. The van der Waals surface area contributed by atoms with Crippen molar-refractivity contribution in [3.63, 3.8) is 0 Å². The Morgan fingerprint density at radius 2 is 1.78 bits per heavy atom. The van der Waals surface area contributed by atoms with Gasteiger partial charge in [-0.25, -0.2) is 9.78 Å². The van der Waals surface area contributed by atoms with Gasteiger partial charge in [-0.05, 0) is 65.6 Å². The highest BCUT2D eigenvalue weighted by atomic mass is 35.5. The van der Waals surface area contributed by atoms with Crippen molar-refractivity contribution in [2.75, 3.05) is 5.32 Å². The third-order valence-corrected chi connectivity index (χ3v) is 6.18. The van der Waals surface area contributed by atoms with E-state index in [2.05, 4.69) is 24.1 Å². The zero-order valence-electron chi connectivity index (χ0n) is 20.5. The second-order valence-corrected chi connectivity index (χ2v) is 8.94. The quantitative estimate of drug-likeness (QED) is 0.232. The van der Waals surface area contributed by atoms with Gasteiger partial charge in [0.15, 0.2) is 0 Å². The van der Waals surface area contributed by atoms with Gasteiger partial charge in [0.25, 0.3) is 0 Å². The van der Waals surface area contributed by atoms with Gasteiger partial charge in [0.1, 0.15) is 11.5 Å². The van der Waals surface area contributed by atoms with Crippen LogP contribution < -0.4 is 14.8 Å². The molecule has 0 unspecified atom stereocenters. The highest BCUT2D eigenvalue weighted by Crippen LogP contribution is 2.34. The van der Waals surface area contributed by atoms with Crippen LogP contribution in [0.1, 0.15) is 42.6 Å². The number of amides is 1. The molecular weight excluding hydrogens is 492 g/mol. The largest absolute Gasteiger partial charge is 0.490 e. The molecule has 1 heterocycles. The number of ether oxygens (including phenoxy) is 2. The fourth-order valence-electron chi connectivity index (χ4n) is 3.87. The van der Waals surface area contributed by atoms with E-state index in [4.69, 9.17) is 21.1 Å². The van der Waals surface area contributed by atoms with Crippen LogP contribution in [0.3, 0.4) is 0 Å². The molecule has 2 N–H and O–H groups in total. The average molecular weight is 519 g/mol. The number of aromatic nitrogens is 1. The number of hydrogen-bond acceptors (Lipinski definition) is 5. The first kappa shape index (κ1) is 26.0. The second kappa shape index (κ2) is 11.8. The van der Waals surface area contributed by atoms with E-state index in [1.807, 2.05) is 30.3 Å². The van der Waals surface area contributed by atoms with E-state index in [0.717, 1.165) is 29.4 Å². The summed E-state index contributed by atoms with van der Waals surface area (Å²) in [6.07, 6.45) is 3.62. The third-order valence-electron chi connectivity index (χ3n) is 5.88. The zero-order chi connectivity index (χ0) is 26.4. The van der Waals surface area contributed by atoms with Crippen LogP contribution in [0.5, 0.6) is 17.4 Å². The number of hydrogen-bond donors (Lipinski definition) is 2. The van der Waals surface area contributed by atoms with Crippen molar-refractivity contribution < 1.29 is 24.2 Å². The molecule has 0 atom stereocenters. The summed E-state index contributed by atoms with van der Waals surface area (Å²) in [4.78, 5) is 28.1. The average Bonchev–Trinajstić information content (AvgIpc) is 2.89. The van der Waals surface area contributed by atoms with Crippen molar-refractivity contribution >= 4 is 39.9 Å². The summed E-state index contributed by atoms with van der Waals surface area (Å²) >= 11 is 6.49. The van der Waals surface area contributed by atoms with Crippen LogP contribution in [0.4, 0.5) is 5.69 Å². The minimum absolute atomic E-state index is 0.0271. The van der Waals surface area contributed by atoms with Gasteiger partial charge in [-0.1, -0.05) is 49.7 Å². The van der Waals surface area contributed by atoms with E-state index in [1.54, 1.807) is 30.3 Å². The maximum Gasteiger partial charge on any atom is 0.337 e. The number of halogens is 1. The van der Waals surface area contributed by atoms with Gasteiger partial charge in [-0.3, -0.25) is 4.79 Å². The van der Waals surface area contributed by atoms with Crippen molar-refractivity contribution in [3.05, 3.63) is 89.1 Å². The smallest absolute Gasteiger partial charge is 0.337 e. The molecule has 0 saturated heterocycles. The molecule has 190 valence electrons. The molecule has 3 aromatic carbocycles. The SMILES string of the molecule is CCC(CC)Oc1ccc2cc(Oc3ccc(CC(=O)Nc4ccccc4C(=O)O)cn3)c(Cl)cc2c1. The Bertz CT molecular complexity index is 1420. The molecule has 0 aliphatic carbocycles. The van der Waals surface area contributed by atoms with Crippen molar-refractivity contribution in [1.29, 1.82) is 0 Å². The number of aromatic carboxylic acids is 1. The standard InChI is InChI=1S/C29H27ClN2O5/c1-3-21(4-2)36-22-11-10-19-16-26(24(30)15-20(19)14-22)37-28-12-9-18(17-31-28)13-27(33)32-25-8-6-5-7-23(25)29(34)35/h5-12,14-17,21H,3-4,13H2,1-2H3,(H,32,33)(H,34,35). The molecule has 4 aromatic rings. The Hall–Kier alpha value is -4.10. The molecule has 1 aromatic heterocycles. The molecule has 7 nitrogen and oxygen atoms in total. The summed E-state index contributed by atoms with van der Waals surface area (Å²) in [5.74, 6) is 0.135. The predicted molar refractivity (Wildman–Crippen MR) is 144 cm³/mol. The molecule has 0 aliphatic heterocycles. The first-order chi connectivity index (χ1) is 17.9. The topological polar surface area (TPSA) is 97.8 Å². The Labute approximate surface area is 220 Å². The van der Waals surface area contributed by atoms with Crippen LogP contribution in [0.25, 0.3) is 10.8 Å². The maximum absolute atomic E-state index is 12.4. The number of para-hydroxylation sites is 1. The van der Waals surface area contributed by atoms with Crippen LogP contribution in [0, 0.1) is 0 Å². The van der Waals surface area contributed by atoms with E-state index in [0.29, 0.717) is 22.2 Å². The molecule has 4 rings (SSSR count). The molecule has 0 aliphatic rings. The normalized spacial score (nSPS) is 10.9. The van der Waals surface area contributed by atoms with Crippen LogP contribution in [0.2, 0.25) is 5.02 Å². The fraction of sp³-hybridized carbons (Fsp3) is 0.207. The second-order valence-electron chi connectivity index (χ2n) is 8.53. The Kier molecular flexibility index (Phi) is 8.25. The van der Waals surface area contributed by atoms with Crippen molar-refractivity contribution in [3.8, 4) is 17.4 Å². The zero-order valence-corrected chi connectivity index (χ0v) is 21.3. The Morgan fingerprint density at radius 3 is 2.49 bits per heavy atom. The monoisotopic (exact) mass is 518 g/mol. The molecule has 0 fully saturated rings. The van der Waals surface area contributed by atoms with Gasteiger partial charge >= 0.3 is 5.97 Å². The summed E-state index contributed by atoms with van der Waals surface area (Å²) in [5, 5.41) is 14.2. The number of carbonyl (C=O) groups excluding carboxylic acids is 1. The lowest BCUT2D eigenvalue weighted by Crippen LogP contribution is -2.16. The molecule has 0 saturated carbocycles. The lowest BCUT2D eigenvalue weighted by Gasteiger charge is -2.16. The maximum atomic E-state index is 12.4. The minimum atomic E-state index is -1.11. The number of anilines is 1. The lowest BCUT2D eigenvalue weighted by molar-refractivity contribution is -0.115. The van der Waals surface area contributed by atoms with Crippen LogP contribution in [-0.2, 0) is 11.2 Å². The fourth-order valence-corrected chi connectivity index (χ4v) is 4.08. The molecular formula is C29H27ClN2O5. The number of nitrogens with one attached hydrogen (secondary N) is 1. The van der Waals surface area contributed by atoms with Gasteiger partial charge in [-0.2, -0.15) is 0 Å². The number of carboxylic acid groups (broad SMARTS) is 1. The number of benzene rings is 3. The van der Waals surface area contributed by atoms with Gasteiger partial charge in [0.2, 0.25) is 11.8 Å². The van der Waals surface area contributed by atoms with Gasteiger partial charge in [0, 0.05) is 12.3 Å². The summed E-state index contributed by atoms with van der Waals surface area (Å²) < 4.78 is 11.9. The van der Waals surface area contributed by atoms with Crippen molar-refractivity contribution in [2.24, 2.45) is 0 Å². The van der Waals surface area contributed by atoms with Crippen molar-refractivity contribution in [2.45, 2.75) is 39.2 Å². The van der Waals surface area contributed by atoms with Gasteiger partial charge in [-0.15, -0.1) is 0 Å². The van der Waals surface area contributed by atoms with E-state index in [-0.39, 0.29) is 29.7 Å². The Morgan fingerprint density at radius 1 is 1.00 bits per heavy atom. The first-order valence-electron chi connectivity index (χ1n) is 12.0. The van der Waals surface area contributed by atoms with E-state index < -0.39 is 5.97 Å². The molecule has 0 spiro atoms.